The van der Waals surface area contributed by atoms with Gasteiger partial charge in [0.15, 0.2) is 0 Å². The number of carbonyl (C=O) groups is 1. The second-order valence-corrected chi connectivity index (χ2v) is 10.3. The molecule has 0 saturated carbocycles. The third-order valence-electron chi connectivity index (χ3n) is 7.45. The van der Waals surface area contributed by atoms with Crippen LogP contribution in [0, 0.1) is 5.92 Å². The van der Waals surface area contributed by atoms with Gasteiger partial charge in [0.05, 0.1) is 25.4 Å². The molecule has 0 heterocycles. The van der Waals surface area contributed by atoms with Crippen LogP contribution >= 0.6 is 0 Å². The number of methoxy groups -OCH3 is 1. The molecule has 0 radical (unpaired) electrons. The highest BCUT2D eigenvalue weighted by Gasteiger charge is 2.34. The summed E-state index contributed by atoms with van der Waals surface area (Å²) in [7, 11) is 1.59. The summed E-state index contributed by atoms with van der Waals surface area (Å²) in [5, 5.41) is 25.0. The van der Waals surface area contributed by atoms with Gasteiger partial charge in [-0.3, -0.25) is 4.79 Å². The molecule has 6 nitrogen and oxygen atoms in total. The van der Waals surface area contributed by atoms with Gasteiger partial charge >= 0.3 is 0 Å². The van der Waals surface area contributed by atoms with Gasteiger partial charge in [-0.25, -0.2) is 0 Å². The lowest BCUT2D eigenvalue weighted by Crippen LogP contribution is -2.39. The topological polar surface area (TPSA) is 88.0 Å². The molecule has 1 aliphatic rings. The molecule has 1 aliphatic carbocycles. The fourth-order valence-corrected chi connectivity index (χ4v) is 5.45. The summed E-state index contributed by atoms with van der Waals surface area (Å²) in [5.74, 6) is 1.31. The van der Waals surface area contributed by atoms with Gasteiger partial charge in [0.2, 0.25) is 5.91 Å². The summed E-state index contributed by atoms with van der Waals surface area (Å²) in [4.78, 5) is 13.6. The Morgan fingerprint density at radius 1 is 0.900 bits per heavy atom. The number of aliphatic hydroxyl groups excluding tert-OH is 2. The molecule has 0 fully saturated rings. The average molecular weight is 538 g/mol. The maximum absolute atomic E-state index is 13.6. The molecule has 0 aromatic heterocycles. The molecule has 0 saturated heterocycles. The van der Waals surface area contributed by atoms with Gasteiger partial charge in [0.1, 0.15) is 17.2 Å². The van der Waals surface area contributed by atoms with E-state index >= 15 is 0 Å². The summed E-state index contributed by atoms with van der Waals surface area (Å²) in [6.07, 6.45) is 0.116. The zero-order valence-corrected chi connectivity index (χ0v) is 22.6. The Bertz CT molecular complexity index is 1410. The third kappa shape index (κ3) is 6.71. The number of hydrogen-bond donors (Lipinski definition) is 3. The number of para-hydroxylation sites is 1. The van der Waals surface area contributed by atoms with E-state index in [1.54, 1.807) is 7.11 Å². The van der Waals surface area contributed by atoms with Crippen molar-refractivity contribution in [3.05, 3.63) is 125 Å². The maximum atomic E-state index is 13.6. The smallest absolute Gasteiger partial charge is 0.224 e. The Morgan fingerprint density at radius 2 is 1.60 bits per heavy atom. The van der Waals surface area contributed by atoms with Crippen LogP contribution in [0.15, 0.2) is 103 Å². The van der Waals surface area contributed by atoms with Crippen LogP contribution in [-0.4, -0.2) is 35.4 Å². The van der Waals surface area contributed by atoms with E-state index in [1.165, 1.54) is 0 Å². The standard InChI is InChI=1S/C34H35NO5/c1-39-32-22-29(40-28-13-6-3-7-14-28)17-16-25(32)19-27(36)20-26(18-23-10-4-2-5-11-23)34(38)35-33-30-15-9-8-12-24(30)21-31(33)37/h2-17,22,26-27,31,33,36-37H,18-21H2,1H3,(H,35,38)/t26-,27-,31?,33+/m1/s1. The molecule has 6 heteroatoms. The summed E-state index contributed by atoms with van der Waals surface area (Å²) in [6.45, 7) is 0. The Balaban J connectivity index is 1.29. The van der Waals surface area contributed by atoms with Crippen LogP contribution in [0.25, 0.3) is 0 Å². The van der Waals surface area contributed by atoms with Gasteiger partial charge in [-0.1, -0.05) is 78.9 Å². The van der Waals surface area contributed by atoms with Crippen molar-refractivity contribution >= 4 is 5.91 Å². The fraction of sp³-hybridized carbons (Fsp3) is 0.265. The first kappa shape index (κ1) is 27.4. The summed E-state index contributed by atoms with van der Waals surface area (Å²) in [5.41, 5.74) is 3.84. The summed E-state index contributed by atoms with van der Waals surface area (Å²) in [6, 6.07) is 32.2. The van der Waals surface area contributed by atoms with Gasteiger partial charge < -0.3 is 25.0 Å². The Morgan fingerprint density at radius 3 is 2.35 bits per heavy atom. The molecular formula is C34H35NO5. The zero-order valence-electron chi connectivity index (χ0n) is 22.6. The first-order valence-electron chi connectivity index (χ1n) is 13.7. The Labute approximate surface area is 235 Å². The second kappa shape index (κ2) is 12.8. The van der Waals surface area contributed by atoms with Crippen LogP contribution in [0.5, 0.6) is 17.2 Å². The molecule has 0 spiro atoms. The van der Waals surface area contributed by atoms with Crippen molar-refractivity contribution in [1.29, 1.82) is 0 Å². The van der Waals surface area contributed by atoms with Crippen molar-refractivity contribution in [1.82, 2.24) is 5.32 Å². The molecule has 40 heavy (non-hydrogen) atoms. The van der Waals surface area contributed by atoms with Crippen LogP contribution in [0.1, 0.15) is 34.7 Å². The third-order valence-corrected chi connectivity index (χ3v) is 7.45. The quantitative estimate of drug-likeness (QED) is 0.238. The monoisotopic (exact) mass is 537 g/mol. The number of benzene rings is 4. The van der Waals surface area contributed by atoms with Gasteiger partial charge in [0.25, 0.3) is 0 Å². The summed E-state index contributed by atoms with van der Waals surface area (Å²) < 4.78 is 11.5. The van der Waals surface area contributed by atoms with Crippen molar-refractivity contribution in [3.8, 4) is 17.2 Å². The first-order chi connectivity index (χ1) is 19.5. The van der Waals surface area contributed by atoms with Crippen molar-refractivity contribution in [2.45, 2.75) is 43.9 Å². The second-order valence-electron chi connectivity index (χ2n) is 10.3. The normalized spacial score (nSPS) is 17.5. The number of amides is 1. The largest absolute Gasteiger partial charge is 0.496 e. The van der Waals surface area contributed by atoms with E-state index in [0.717, 1.165) is 28.0 Å². The van der Waals surface area contributed by atoms with Crippen LogP contribution in [0.4, 0.5) is 0 Å². The van der Waals surface area contributed by atoms with Gasteiger partial charge in [0, 0.05) is 24.8 Å². The average Bonchev–Trinajstić information content (AvgIpc) is 3.29. The van der Waals surface area contributed by atoms with E-state index in [9.17, 15) is 15.0 Å². The molecule has 4 atom stereocenters. The van der Waals surface area contributed by atoms with E-state index in [0.29, 0.717) is 30.8 Å². The fourth-order valence-electron chi connectivity index (χ4n) is 5.45. The van der Waals surface area contributed by atoms with Gasteiger partial charge in [-0.05, 0) is 53.3 Å². The number of carbonyl (C=O) groups excluding carboxylic acids is 1. The number of ether oxygens (including phenoxy) is 2. The molecule has 3 N–H and O–H groups in total. The molecule has 206 valence electrons. The number of nitrogens with one attached hydrogen (secondary N) is 1. The van der Waals surface area contributed by atoms with Crippen LogP contribution in [0.3, 0.4) is 0 Å². The lowest BCUT2D eigenvalue weighted by Gasteiger charge is -2.25. The highest BCUT2D eigenvalue weighted by molar-refractivity contribution is 5.80. The molecule has 1 amide bonds. The van der Waals surface area contributed by atoms with Crippen molar-refractivity contribution in [2.24, 2.45) is 5.92 Å². The van der Waals surface area contributed by atoms with E-state index in [4.69, 9.17) is 9.47 Å². The van der Waals surface area contributed by atoms with E-state index < -0.39 is 24.2 Å². The minimum atomic E-state index is -0.782. The predicted molar refractivity (Wildman–Crippen MR) is 155 cm³/mol. The summed E-state index contributed by atoms with van der Waals surface area (Å²) >= 11 is 0. The zero-order chi connectivity index (χ0) is 27.9. The highest BCUT2D eigenvalue weighted by atomic mass is 16.5. The maximum Gasteiger partial charge on any atom is 0.224 e. The molecular weight excluding hydrogens is 502 g/mol. The van der Waals surface area contributed by atoms with Crippen molar-refractivity contribution in [2.75, 3.05) is 7.11 Å². The molecule has 0 bridgehead atoms. The van der Waals surface area contributed by atoms with Crippen LogP contribution in [-0.2, 0) is 24.1 Å². The highest BCUT2D eigenvalue weighted by Crippen LogP contribution is 2.33. The van der Waals surface area contributed by atoms with Crippen LogP contribution < -0.4 is 14.8 Å². The van der Waals surface area contributed by atoms with Crippen molar-refractivity contribution in [3.63, 3.8) is 0 Å². The van der Waals surface area contributed by atoms with E-state index in [-0.39, 0.29) is 12.3 Å². The van der Waals surface area contributed by atoms with E-state index in [1.807, 2.05) is 103 Å². The molecule has 5 rings (SSSR count). The van der Waals surface area contributed by atoms with Gasteiger partial charge in [-0.2, -0.15) is 0 Å². The van der Waals surface area contributed by atoms with Crippen molar-refractivity contribution < 1.29 is 24.5 Å². The van der Waals surface area contributed by atoms with Gasteiger partial charge in [-0.15, -0.1) is 0 Å². The Kier molecular flexibility index (Phi) is 8.79. The number of aliphatic hydroxyl groups is 2. The predicted octanol–water partition coefficient (Wildman–Crippen LogP) is 5.41. The van der Waals surface area contributed by atoms with Crippen LogP contribution in [0.2, 0.25) is 0 Å². The molecule has 0 aliphatic heterocycles. The first-order valence-corrected chi connectivity index (χ1v) is 13.7. The molecule has 1 unspecified atom stereocenters. The minimum Gasteiger partial charge on any atom is -0.496 e. The number of fused-ring (bicyclic) bond motifs is 1. The number of hydrogen-bond acceptors (Lipinski definition) is 5. The minimum absolute atomic E-state index is 0.178. The SMILES string of the molecule is COc1cc(Oc2ccccc2)ccc1C[C@@H](O)C[C@@H](Cc1ccccc1)C(=O)N[C@H]1c2ccccc2CC1O. The number of rotatable bonds is 11. The van der Waals surface area contributed by atoms with E-state index in [2.05, 4.69) is 5.32 Å². The Hall–Kier alpha value is -4.13. The lowest BCUT2D eigenvalue weighted by molar-refractivity contribution is -0.127. The molecule has 4 aromatic carbocycles. The molecule has 4 aromatic rings. The lowest BCUT2D eigenvalue weighted by atomic mass is 9.90.